The SMILES string of the molecule is Cc1cccc(-n2nc(C(=O)Cl)c3ccccc3c2=O)c1. The predicted molar refractivity (Wildman–Crippen MR) is 82.3 cm³/mol. The molecule has 0 aliphatic carbocycles. The molecule has 2 aromatic carbocycles. The number of aromatic nitrogens is 2. The van der Waals surface area contributed by atoms with E-state index in [0.717, 1.165) is 5.56 Å². The Balaban J connectivity index is 2.42. The normalized spacial score (nSPS) is 10.8. The minimum atomic E-state index is -0.687. The molecule has 0 amide bonds. The highest BCUT2D eigenvalue weighted by Crippen LogP contribution is 2.17. The first kappa shape index (κ1) is 13.5. The molecular formula is C16H11ClN2O2. The zero-order valence-electron chi connectivity index (χ0n) is 11.2. The summed E-state index contributed by atoms with van der Waals surface area (Å²) in [4.78, 5) is 24.2. The van der Waals surface area contributed by atoms with Crippen LogP contribution in [0.25, 0.3) is 16.5 Å². The number of aryl methyl sites for hydroxylation is 1. The Kier molecular flexibility index (Phi) is 3.31. The minimum Gasteiger partial charge on any atom is -0.274 e. The second-order valence-electron chi connectivity index (χ2n) is 4.72. The van der Waals surface area contributed by atoms with Crippen LogP contribution < -0.4 is 5.56 Å². The van der Waals surface area contributed by atoms with Gasteiger partial charge < -0.3 is 0 Å². The van der Waals surface area contributed by atoms with Gasteiger partial charge in [0.1, 0.15) is 0 Å². The molecule has 0 aliphatic rings. The zero-order valence-corrected chi connectivity index (χ0v) is 12.0. The van der Waals surface area contributed by atoms with E-state index in [1.807, 2.05) is 25.1 Å². The quantitative estimate of drug-likeness (QED) is 0.683. The van der Waals surface area contributed by atoms with Crippen LogP contribution in [-0.2, 0) is 0 Å². The van der Waals surface area contributed by atoms with Gasteiger partial charge >= 0.3 is 0 Å². The van der Waals surface area contributed by atoms with Crippen LogP contribution in [0, 0.1) is 6.92 Å². The molecular weight excluding hydrogens is 288 g/mol. The van der Waals surface area contributed by atoms with Crippen molar-refractivity contribution in [3.05, 3.63) is 70.1 Å². The number of hydrogen-bond donors (Lipinski definition) is 0. The van der Waals surface area contributed by atoms with Gasteiger partial charge in [-0.15, -0.1) is 0 Å². The first-order valence-electron chi connectivity index (χ1n) is 6.37. The number of carbonyl (C=O) groups is 1. The predicted octanol–water partition coefficient (Wildman–Crippen LogP) is 3.07. The maximum atomic E-state index is 12.6. The van der Waals surface area contributed by atoms with Gasteiger partial charge in [-0.2, -0.15) is 9.78 Å². The van der Waals surface area contributed by atoms with E-state index >= 15 is 0 Å². The van der Waals surface area contributed by atoms with Gasteiger partial charge in [-0.1, -0.05) is 30.3 Å². The summed E-state index contributed by atoms with van der Waals surface area (Å²) >= 11 is 5.61. The van der Waals surface area contributed by atoms with Crippen LogP contribution in [0.3, 0.4) is 0 Å². The number of fused-ring (bicyclic) bond motifs is 1. The lowest BCUT2D eigenvalue weighted by atomic mass is 10.1. The molecule has 5 heteroatoms. The fourth-order valence-corrected chi connectivity index (χ4v) is 2.41. The lowest BCUT2D eigenvalue weighted by molar-refractivity contribution is 0.107. The highest BCUT2D eigenvalue weighted by atomic mass is 35.5. The Morgan fingerprint density at radius 2 is 1.81 bits per heavy atom. The molecule has 1 heterocycles. The molecule has 0 spiro atoms. The summed E-state index contributed by atoms with van der Waals surface area (Å²) in [5.41, 5.74) is 1.39. The summed E-state index contributed by atoms with van der Waals surface area (Å²) in [5, 5.41) is 4.33. The molecule has 0 bridgehead atoms. The summed E-state index contributed by atoms with van der Waals surface area (Å²) in [6.07, 6.45) is 0. The van der Waals surface area contributed by atoms with Gasteiger partial charge in [0.25, 0.3) is 10.8 Å². The van der Waals surface area contributed by atoms with E-state index in [0.29, 0.717) is 16.5 Å². The Labute approximate surface area is 125 Å². The smallest absolute Gasteiger partial charge is 0.274 e. The molecule has 4 nitrogen and oxygen atoms in total. The molecule has 0 atom stereocenters. The van der Waals surface area contributed by atoms with E-state index in [2.05, 4.69) is 5.10 Å². The lowest BCUT2D eigenvalue weighted by Crippen LogP contribution is -2.23. The van der Waals surface area contributed by atoms with Crippen LogP contribution in [0.15, 0.2) is 53.3 Å². The van der Waals surface area contributed by atoms with Gasteiger partial charge in [0, 0.05) is 5.39 Å². The van der Waals surface area contributed by atoms with Crippen molar-refractivity contribution in [1.29, 1.82) is 0 Å². The summed E-state index contributed by atoms with van der Waals surface area (Å²) < 4.78 is 1.21. The molecule has 21 heavy (non-hydrogen) atoms. The average Bonchev–Trinajstić information content (AvgIpc) is 2.47. The molecule has 0 saturated heterocycles. The molecule has 0 aliphatic heterocycles. The summed E-state index contributed by atoms with van der Waals surface area (Å²) in [7, 11) is 0. The van der Waals surface area contributed by atoms with Crippen LogP contribution >= 0.6 is 11.6 Å². The van der Waals surface area contributed by atoms with Gasteiger partial charge in [-0.3, -0.25) is 9.59 Å². The summed E-state index contributed by atoms with van der Waals surface area (Å²) in [6.45, 7) is 1.92. The number of benzene rings is 2. The first-order valence-corrected chi connectivity index (χ1v) is 6.74. The maximum Gasteiger partial charge on any atom is 0.279 e. The molecule has 0 N–H and O–H groups in total. The third-order valence-electron chi connectivity index (χ3n) is 3.24. The molecule has 0 fully saturated rings. The van der Waals surface area contributed by atoms with Crippen molar-refractivity contribution in [2.75, 3.05) is 0 Å². The molecule has 3 aromatic rings. The van der Waals surface area contributed by atoms with Gasteiger partial charge in [0.2, 0.25) is 0 Å². The summed E-state index contributed by atoms with van der Waals surface area (Å²) in [5.74, 6) is 0. The second-order valence-corrected chi connectivity index (χ2v) is 5.07. The third kappa shape index (κ3) is 2.34. The lowest BCUT2D eigenvalue weighted by Gasteiger charge is -2.09. The molecule has 0 radical (unpaired) electrons. The van der Waals surface area contributed by atoms with E-state index in [9.17, 15) is 9.59 Å². The van der Waals surface area contributed by atoms with Gasteiger partial charge in [0.05, 0.1) is 11.1 Å². The topological polar surface area (TPSA) is 52.0 Å². The van der Waals surface area contributed by atoms with E-state index in [1.54, 1.807) is 30.3 Å². The number of halogens is 1. The van der Waals surface area contributed by atoms with E-state index in [4.69, 9.17) is 11.6 Å². The Hall–Kier alpha value is -2.46. The zero-order chi connectivity index (χ0) is 15.0. The Bertz CT molecular complexity index is 916. The number of carbonyl (C=O) groups excluding carboxylic acids is 1. The van der Waals surface area contributed by atoms with Crippen molar-refractivity contribution in [3.63, 3.8) is 0 Å². The van der Waals surface area contributed by atoms with Gasteiger partial charge in [-0.25, -0.2) is 0 Å². The highest BCUT2D eigenvalue weighted by Gasteiger charge is 2.15. The average molecular weight is 299 g/mol. The Morgan fingerprint density at radius 3 is 2.48 bits per heavy atom. The highest BCUT2D eigenvalue weighted by molar-refractivity contribution is 6.68. The van der Waals surface area contributed by atoms with E-state index < -0.39 is 5.24 Å². The third-order valence-corrected chi connectivity index (χ3v) is 3.42. The van der Waals surface area contributed by atoms with E-state index in [1.165, 1.54) is 4.68 Å². The second kappa shape index (κ2) is 5.14. The van der Waals surface area contributed by atoms with Crippen molar-refractivity contribution < 1.29 is 4.79 Å². The first-order chi connectivity index (χ1) is 10.1. The van der Waals surface area contributed by atoms with Crippen molar-refractivity contribution in [2.24, 2.45) is 0 Å². The van der Waals surface area contributed by atoms with Crippen molar-refractivity contribution in [3.8, 4) is 5.69 Å². The molecule has 3 rings (SSSR count). The number of hydrogen-bond acceptors (Lipinski definition) is 3. The van der Waals surface area contributed by atoms with Crippen LogP contribution in [0.4, 0.5) is 0 Å². The standard InChI is InChI=1S/C16H11ClN2O2/c1-10-5-4-6-11(9-10)19-16(21)13-8-3-2-7-12(13)14(18-19)15(17)20/h2-9H,1H3. The van der Waals surface area contributed by atoms with Crippen molar-refractivity contribution in [1.82, 2.24) is 9.78 Å². The van der Waals surface area contributed by atoms with Crippen molar-refractivity contribution >= 4 is 27.6 Å². The minimum absolute atomic E-state index is 0.0772. The van der Waals surface area contributed by atoms with Gasteiger partial charge in [-0.05, 0) is 42.3 Å². The number of rotatable bonds is 2. The fourth-order valence-electron chi connectivity index (χ4n) is 2.27. The van der Waals surface area contributed by atoms with Crippen LogP contribution in [0.5, 0.6) is 0 Å². The molecule has 104 valence electrons. The van der Waals surface area contributed by atoms with Crippen LogP contribution in [0.2, 0.25) is 0 Å². The largest absolute Gasteiger partial charge is 0.279 e. The van der Waals surface area contributed by atoms with Crippen LogP contribution in [0.1, 0.15) is 16.1 Å². The summed E-state index contributed by atoms with van der Waals surface area (Å²) in [6, 6.07) is 14.1. The van der Waals surface area contributed by atoms with E-state index in [-0.39, 0.29) is 11.3 Å². The van der Waals surface area contributed by atoms with Crippen LogP contribution in [-0.4, -0.2) is 15.0 Å². The monoisotopic (exact) mass is 298 g/mol. The van der Waals surface area contributed by atoms with Gasteiger partial charge in [0.15, 0.2) is 5.69 Å². The molecule has 0 saturated carbocycles. The number of nitrogens with zero attached hydrogens (tertiary/aromatic N) is 2. The molecule has 1 aromatic heterocycles. The van der Waals surface area contributed by atoms with Crippen molar-refractivity contribution in [2.45, 2.75) is 6.92 Å². The maximum absolute atomic E-state index is 12.6. The molecule has 0 unspecified atom stereocenters. The fraction of sp³-hybridized carbons (Fsp3) is 0.0625. The Morgan fingerprint density at radius 1 is 1.10 bits per heavy atom.